The van der Waals surface area contributed by atoms with E-state index < -0.39 is 5.97 Å². The Bertz CT molecular complexity index is 546. The number of hydrogen-bond donors (Lipinski definition) is 2. The first-order chi connectivity index (χ1) is 8.16. The van der Waals surface area contributed by atoms with E-state index in [1.165, 1.54) is 12.3 Å². The first-order valence-corrected chi connectivity index (χ1v) is 5.10. The molecule has 2 rings (SSSR count). The van der Waals surface area contributed by atoms with Crippen molar-refractivity contribution in [2.24, 2.45) is 0 Å². The predicted molar refractivity (Wildman–Crippen MR) is 63.7 cm³/mol. The highest BCUT2D eigenvalue weighted by atomic mass is 35.5. The third-order valence-electron chi connectivity index (χ3n) is 2.06. The minimum absolute atomic E-state index is 0.0613. The van der Waals surface area contributed by atoms with E-state index in [-0.39, 0.29) is 10.7 Å². The standard InChI is InChI=1S/C11H8ClN3O2/c12-10-5-9(8(6-14-10)11(16)17)15-7-1-3-13-4-2-7/h1-6H,(H,16,17)(H,13,14,15). The molecule has 0 aliphatic carbocycles. The van der Waals surface area contributed by atoms with Crippen LogP contribution in [0.4, 0.5) is 11.4 Å². The van der Waals surface area contributed by atoms with Gasteiger partial charge >= 0.3 is 5.97 Å². The first kappa shape index (κ1) is 11.3. The number of pyridine rings is 2. The topological polar surface area (TPSA) is 75.1 Å². The Kier molecular flexibility index (Phi) is 3.20. The molecule has 6 heteroatoms. The SMILES string of the molecule is O=C(O)c1cnc(Cl)cc1Nc1ccncc1. The summed E-state index contributed by atoms with van der Waals surface area (Å²) in [6, 6.07) is 4.91. The number of carboxylic acid groups (broad SMARTS) is 1. The Balaban J connectivity index is 2.37. The molecule has 0 amide bonds. The smallest absolute Gasteiger partial charge is 0.339 e. The molecular weight excluding hydrogens is 242 g/mol. The van der Waals surface area contributed by atoms with Gasteiger partial charge in [0.25, 0.3) is 0 Å². The van der Waals surface area contributed by atoms with Crippen LogP contribution in [0.2, 0.25) is 5.15 Å². The van der Waals surface area contributed by atoms with E-state index in [9.17, 15) is 4.79 Å². The van der Waals surface area contributed by atoms with Crippen molar-refractivity contribution in [2.75, 3.05) is 5.32 Å². The average Bonchev–Trinajstić information content (AvgIpc) is 2.30. The van der Waals surface area contributed by atoms with E-state index in [0.717, 1.165) is 5.69 Å². The van der Waals surface area contributed by atoms with Crippen molar-refractivity contribution >= 4 is 28.9 Å². The van der Waals surface area contributed by atoms with Crippen LogP contribution in [-0.4, -0.2) is 21.0 Å². The van der Waals surface area contributed by atoms with Gasteiger partial charge in [0.05, 0.1) is 5.69 Å². The van der Waals surface area contributed by atoms with Gasteiger partial charge in [0.1, 0.15) is 10.7 Å². The lowest BCUT2D eigenvalue weighted by molar-refractivity contribution is 0.0697. The number of halogens is 1. The molecule has 5 nitrogen and oxygen atoms in total. The molecule has 0 unspecified atom stereocenters. The van der Waals surface area contributed by atoms with Crippen molar-refractivity contribution < 1.29 is 9.90 Å². The second-order valence-electron chi connectivity index (χ2n) is 3.22. The van der Waals surface area contributed by atoms with E-state index in [4.69, 9.17) is 16.7 Å². The molecule has 0 saturated heterocycles. The van der Waals surface area contributed by atoms with Gasteiger partial charge in [-0.2, -0.15) is 0 Å². The zero-order valence-electron chi connectivity index (χ0n) is 8.59. The van der Waals surface area contributed by atoms with Crippen LogP contribution < -0.4 is 5.32 Å². The van der Waals surface area contributed by atoms with E-state index in [2.05, 4.69) is 15.3 Å². The third-order valence-corrected chi connectivity index (χ3v) is 2.27. The minimum Gasteiger partial charge on any atom is -0.478 e. The first-order valence-electron chi connectivity index (χ1n) is 4.72. The molecular formula is C11H8ClN3O2. The van der Waals surface area contributed by atoms with Crippen molar-refractivity contribution in [3.8, 4) is 0 Å². The van der Waals surface area contributed by atoms with Gasteiger partial charge < -0.3 is 10.4 Å². The van der Waals surface area contributed by atoms with Crippen LogP contribution in [0.25, 0.3) is 0 Å². The second-order valence-corrected chi connectivity index (χ2v) is 3.61. The molecule has 0 aliphatic heterocycles. The summed E-state index contributed by atoms with van der Waals surface area (Å²) in [5.74, 6) is -1.06. The number of nitrogens with zero attached hydrogens (tertiary/aromatic N) is 2. The van der Waals surface area contributed by atoms with Gasteiger partial charge in [-0.1, -0.05) is 11.6 Å². The van der Waals surface area contributed by atoms with E-state index >= 15 is 0 Å². The maximum atomic E-state index is 11.0. The van der Waals surface area contributed by atoms with Gasteiger partial charge in [-0.05, 0) is 18.2 Å². The summed E-state index contributed by atoms with van der Waals surface area (Å²) in [4.78, 5) is 18.6. The lowest BCUT2D eigenvalue weighted by atomic mass is 10.2. The molecule has 2 aromatic rings. The fourth-order valence-electron chi connectivity index (χ4n) is 1.29. The summed E-state index contributed by atoms with van der Waals surface area (Å²) in [5, 5.41) is 12.2. The Morgan fingerprint density at radius 1 is 1.35 bits per heavy atom. The van der Waals surface area contributed by atoms with Gasteiger partial charge in [0.15, 0.2) is 0 Å². The maximum Gasteiger partial charge on any atom is 0.339 e. The van der Waals surface area contributed by atoms with Gasteiger partial charge in [-0.15, -0.1) is 0 Å². The van der Waals surface area contributed by atoms with Crippen LogP contribution in [0.1, 0.15) is 10.4 Å². The summed E-state index contributed by atoms with van der Waals surface area (Å²) in [7, 11) is 0. The molecule has 0 saturated carbocycles. The number of nitrogens with one attached hydrogen (secondary N) is 1. The minimum atomic E-state index is -1.06. The van der Waals surface area contributed by atoms with Crippen LogP contribution in [0.15, 0.2) is 36.8 Å². The molecule has 86 valence electrons. The van der Waals surface area contributed by atoms with Gasteiger partial charge in [0, 0.05) is 24.3 Å². The summed E-state index contributed by atoms with van der Waals surface area (Å²) >= 11 is 5.73. The van der Waals surface area contributed by atoms with E-state index in [1.807, 2.05) is 0 Å². The van der Waals surface area contributed by atoms with Crippen LogP contribution >= 0.6 is 11.6 Å². The number of anilines is 2. The second kappa shape index (κ2) is 4.80. The monoisotopic (exact) mass is 249 g/mol. The lowest BCUT2D eigenvalue weighted by Gasteiger charge is -2.09. The number of aromatic nitrogens is 2. The van der Waals surface area contributed by atoms with Crippen LogP contribution in [0, 0.1) is 0 Å². The third kappa shape index (κ3) is 2.70. The zero-order valence-corrected chi connectivity index (χ0v) is 9.35. The quantitative estimate of drug-likeness (QED) is 0.818. The van der Waals surface area contributed by atoms with Gasteiger partial charge in [-0.25, -0.2) is 9.78 Å². The van der Waals surface area contributed by atoms with Crippen LogP contribution in [-0.2, 0) is 0 Å². The number of rotatable bonds is 3. The normalized spacial score (nSPS) is 9.94. The molecule has 0 fully saturated rings. The van der Waals surface area contributed by atoms with E-state index in [1.54, 1.807) is 24.5 Å². The highest BCUT2D eigenvalue weighted by molar-refractivity contribution is 6.29. The maximum absolute atomic E-state index is 11.0. The average molecular weight is 250 g/mol. The number of carboxylic acids is 1. The molecule has 0 spiro atoms. The summed E-state index contributed by atoms with van der Waals surface area (Å²) < 4.78 is 0. The molecule has 2 N–H and O–H groups in total. The zero-order chi connectivity index (χ0) is 12.3. The molecule has 0 aromatic carbocycles. The summed E-state index contributed by atoms with van der Waals surface area (Å²) in [6.45, 7) is 0. The number of hydrogen-bond acceptors (Lipinski definition) is 4. The fourth-order valence-corrected chi connectivity index (χ4v) is 1.45. The lowest BCUT2D eigenvalue weighted by Crippen LogP contribution is -2.03. The van der Waals surface area contributed by atoms with Crippen molar-refractivity contribution in [1.29, 1.82) is 0 Å². The Hall–Kier alpha value is -2.14. The summed E-state index contributed by atoms with van der Waals surface area (Å²) in [6.07, 6.45) is 4.42. The molecule has 0 bridgehead atoms. The van der Waals surface area contributed by atoms with Crippen molar-refractivity contribution in [3.05, 3.63) is 47.5 Å². The van der Waals surface area contributed by atoms with Crippen molar-refractivity contribution in [2.45, 2.75) is 0 Å². The Morgan fingerprint density at radius 3 is 2.71 bits per heavy atom. The van der Waals surface area contributed by atoms with Crippen LogP contribution in [0.3, 0.4) is 0 Å². The fraction of sp³-hybridized carbons (Fsp3) is 0. The Morgan fingerprint density at radius 2 is 2.06 bits per heavy atom. The van der Waals surface area contributed by atoms with E-state index in [0.29, 0.717) is 5.69 Å². The summed E-state index contributed by atoms with van der Waals surface area (Å²) in [5.41, 5.74) is 1.18. The molecule has 0 aliphatic rings. The molecule has 0 radical (unpaired) electrons. The van der Waals surface area contributed by atoms with Crippen molar-refractivity contribution in [1.82, 2.24) is 9.97 Å². The van der Waals surface area contributed by atoms with Gasteiger partial charge in [0.2, 0.25) is 0 Å². The van der Waals surface area contributed by atoms with Crippen LogP contribution in [0.5, 0.6) is 0 Å². The highest BCUT2D eigenvalue weighted by Crippen LogP contribution is 2.22. The largest absolute Gasteiger partial charge is 0.478 e. The molecule has 2 heterocycles. The number of carbonyl (C=O) groups is 1. The molecule has 2 aromatic heterocycles. The molecule has 17 heavy (non-hydrogen) atoms. The highest BCUT2D eigenvalue weighted by Gasteiger charge is 2.11. The number of aromatic carboxylic acids is 1. The van der Waals surface area contributed by atoms with Gasteiger partial charge in [-0.3, -0.25) is 4.98 Å². The Labute approximate surface area is 102 Å². The van der Waals surface area contributed by atoms with Crippen molar-refractivity contribution in [3.63, 3.8) is 0 Å². The molecule has 0 atom stereocenters. The predicted octanol–water partition coefficient (Wildman–Crippen LogP) is 2.57.